The van der Waals surface area contributed by atoms with Crippen molar-refractivity contribution in [2.75, 3.05) is 7.05 Å². The molecule has 0 fully saturated rings. The van der Waals surface area contributed by atoms with Crippen molar-refractivity contribution in [3.8, 4) is 0 Å². The SMILES string of the molecule is C=C/C=C\[C](=[W])NC. The minimum atomic E-state index is 1.23. The summed E-state index contributed by atoms with van der Waals surface area (Å²) in [6.07, 6.45) is 5.68. The van der Waals surface area contributed by atoms with E-state index in [1.54, 1.807) is 6.08 Å². The third kappa shape index (κ3) is 4.17. The average molecular weight is 279 g/mol. The second kappa shape index (κ2) is 5.14. The van der Waals surface area contributed by atoms with Gasteiger partial charge in [0.25, 0.3) is 0 Å². The Morgan fingerprint density at radius 3 is 2.75 bits per heavy atom. The molecule has 0 atom stereocenters. The Hall–Kier alpha value is -0.00169. The van der Waals surface area contributed by atoms with Gasteiger partial charge in [0, 0.05) is 0 Å². The third-order valence-electron chi connectivity index (χ3n) is 0.630. The summed E-state index contributed by atoms with van der Waals surface area (Å²) in [6, 6.07) is 0. The normalized spacial score (nSPS) is 9.62. The van der Waals surface area contributed by atoms with Gasteiger partial charge in [-0.3, -0.25) is 0 Å². The molecule has 8 heavy (non-hydrogen) atoms. The fraction of sp³-hybridized carbons (Fsp3) is 0.167. The van der Waals surface area contributed by atoms with Crippen molar-refractivity contribution in [3.63, 3.8) is 0 Å². The summed E-state index contributed by atoms with van der Waals surface area (Å²) in [5, 5.41) is 3.02. The van der Waals surface area contributed by atoms with E-state index in [2.05, 4.69) is 11.9 Å². The van der Waals surface area contributed by atoms with Gasteiger partial charge in [0.1, 0.15) is 0 Å². The predicted molar refractivity (Wildman–Crippen MR) is 33.4 cm³/mol. The van der Waals surface area contributed by atoms with Crippen LogP contribution in [0.3, 0.4) is 0 Å². The molecule has 0 aromatic heterocycles. The van der Waals surface area contributed by atoms with E-state index < -0.39 is 0 Å². The molecule has 0 rings (SSSR count). The van der Waals surface area contributed by atoms with Crippen LogP contribution in [-0.4, -0.2) is 11.1 Å². The standard InChI is InChI=1S/C6H9N.W/c1-3-4-5-6-7-2;/h3-5,7H,1H2,2H3;/b5-4-;. The Labute approximate surface area is 60.9 Å². The summed E-state index contributed by atoms with van der Waals surface area (Å²) in [4.78, 5) is 0. The summed E-state index contributed by atoms with van der Waals surface area (Å²) >= 11 is 1.44. The molecular formula is C6H9NW. The Morgan fingerprint density at radius 1 is 1.75 bits per heavy atom. The van der Waals surface area contributed by atoms with Crippen molar-refractivity contribution in [3.05, 3.63) is 24.8 Å². The topological polar surface area (TPSA) is 12.0 Å². The average Bonchev–Trinajstić information content (AvgIpc) is 1.83. The number of likely N-dealkylation sites (N-methyl/N-ethyl adjacent to an activating group) is 1. The van der Waals surface area contributed by atoms with E-state index in [9.17, 15) is 0 Å². The first-order chi connectivity index (χ1) is 3.81. The molecule has 0 spiro atoms. The molecule has 0 heterocycles. The van der Waals surface area contributed by atoms with Crippen LogP contribution < -0.4 is 5.32 Å². The summed E-state index contributed by atoms with van der Waals surface area (Å²) in [5.41, 5.74) is 0. The van der Waals surface area contributed by atoms with E-state index in [1.165, 1.54) is 23.4 Å². The Kier molecular flexibility index (Phi) is 5.14. The van der Waals surface area contributed by atoms with Crippen LogP contribution in [0, 0.1) is 0 Å². The van der Waals surface area contributed by atoms with Crippen molar-refractivity contribution in [1.29, 1.82) is 0 Å². The van der Waals surface area contributed by atoms with Crippen LogP contribution in [0.2, 0.25) is 0 Å². The summed E-state index contributed by atoms with van der Waals surface area (Å²) in [7, 11) is 1.91. The quantitative estimate of drug-likeness (QED) is 0.747. The molecule has 0 aromatic carbocycles. The van der Waals surface area contributed by atoms with Gasteiger partial charge in [-0.15, -0.1) is 0 Å². The third-order valence-corrected chi connectivity index (χ3v) is 1.85. The van der Waals surface area contributed by atoms with Gasteiger partial charge >= 0.3 is 60.5 Å². The van der Waals surface area contributed by atoms with Crippen LogP contribution in [0.15, 0.2) is 24.8 Å². The van der Waals surface area contributed by atoms with Gasteiger partial charge in [-0.1, -0.05) is 0 Å². The van der Waals surface area contributed by atoms with Crippen LogP contribution in [0.25, 0.3) is 0 Å². The number of hydrogen-bond acceptors (Lipinski definition) is 1. The zero-order valence-electron chi connectivity index (χ0n) is 4.85. The van der Waals surface area contributed by atoms with E-state index in [1.807, 2.05) is 19.2 Å². The second-order valence-corrected chi connectivity index (χ2v) is 2.79. The maximum atomic E-state index is 3.55. The molecule has 0 amide bonds. The Balaban J connectivity index is 3.52. The van der Waals surface area contributed by atoms with Gasteiger partial charge in [0.2, 0.25) is 0 Å². The fourth-order valence-corrected chi connectivity index (χ4v) is 0.521. The molecule has 0 unspecified atom stereocenters. The zero-order chi connectivity index (χ0) is 6.41. The van der Waals surface area contributed by atoms with E-state index in [0.717, 1.165) is 0 Å². The Morgan fingerprint density at radius 2 is 2.38 bits per heavy atom. The van der Waals surface area contributed by atoms with Crippen molar-refractivity contribution < 1.29 is 19.4 Å². The summed E-state index contributed by atoms with van der Waals surface area (Å²) in [5.74, 6) is 0. The predicted octanol–water partition coefficient (Wildman–Crippen LogP) is 0.625. The number of rotatable bonds is 3. The first-order valence-electron chi connectivity index (χ1n) is 2.32. The molecule has 0 saturated heterocycles. The van der Waals surface area contributed by atoms with Crippen molar-refractivity contribution in [2.24, 2.45) is 0 Å². The molecule has 0 bridgehead atoms. The molecule has 2 heteroatoms. The maximum absolute atomic E-state index is 3.55. The molecule has 1 N–H and O–H groups in total. The first-order valence-corrected chi connectivity index (χ1v) is 3.78. The van der Waals surface area contributed by atoms with Gasteiger partial charge in [0.05, 0.1) is 0 Å². The van der Waals surface area contributed by atoms with Crippen molar-refractivity contribution in [2.45, 2.75) is 0 Å². The molecular weight excluding hydrogens is 270 g/mol. The van der Waals surface area contributed by atoms with Crippen LogP contribution in [0.5, 0.6) is 0 Å². The molecule has 1 nitrogen and oxygen atoms in total. The molecule has 0 aliphatic rings. The van der Waals surface area contributed by atoms with Crippen molar-refractivity contribution >= 4 is 4.02 Å². The molecule has 0 saturated carbocycles. The monoisotopic (exact) mass is 279 g/mol. The molecule has 0 aliphatic carbocycles. The number of allylic oxidation sites excluding steroid dienone is 2. The van der Waals surface area contributed by atoms with E-state index in [4.69, 9.17) is 0 Å². The number of nitrogens with one attached hydrogen (secondary N) is 1. The molecule has 0 aliphatic heterocycles. The molecule has 0 aromatic rings. The first kappa shape index (κ1) is 8.00. The molecule has 44 valence electrons. The zero-order valence-corrected chi connectivity index (χ0v) is 7.78. The van der Waals surface area contributed by atoms with Gasteiger partial charge < -0.3 is 0 Å². The molecule has 0 radical (unpaired) electrons. The van der Waals surface area contributed by atoms with Gasteiger partial charge in [0.15, 0.2) is 0 Å². The number of hydrogen-bond donors (Lipinski definition) is 1. The van der Waals surface area contributed by atoms with Crippen LogP contribution in [-0.2, 0) is 19.4 Å². The van der Waals surface area contributed by atoms with Gasteiger partial charge in [-0.05, 0) is 0 Å². The van der Waals surface area contributed by atoms with E-state index >= 15 is 0 Å². The van der Waals surface area contributed by atoms with Gasteiger partial charge in [-0.2, -0.15) is 0 Å². The van der Waals surface area contributed by atoms with E-state index in [-0.39, 0.29) is 0 Å². The fourth-order valence-electron chi connectivity index (χ4n) is 0.239. The van der Waals surface area contributed by atoms with E-state index in [0.29, 0.717) is 0 Å². The Bertz CT molecular complexity index is 116. The van der Waals surface area contributed by atoms with Gasteiger partial charge in [-0.25, -0.2) is 0 Å². The van der Waals surface area contributed by atoms with Crippen molar-refractivity contribution in [1.82, 2.24) is 5.32 Å². The van der Waals surface area contributed by atoms with Crippen LogP contribution in [0.1, 0.15) is 0 Å². The van der Waals surface area contributed by atoms with Crippen LogP contribution >= 0.6 is 0 Å². The van der Waals surface area contributed by atoms with Crippen LogP contribution in [0.4, 0.5) is 0 Å². The summed E-state index contributed by atoms with van der Waals surface area (Å²) < 4.78 is 1.23. The second-order valence-electron chi connectivity index (χ2n) is 1.21. The minimum absolute atomic E-state index is 1.23. The summed E-state index contributed by atoms with van der Waals surface area (Å²) in [6.45, 7) is 3.55.